The number of hydrogen-bond acceptors (Lipinski definition) is 5. The third-order valence-electron chi connectivity index (χ3n) is 2.06. The normalized spacial score (nSPS) is 10.6. The largest absolute Gasteiger partial charge is 0.478 e. The molecule has 1 aromatic carbocycles. The second kappa shape index (κ2) is 5.02. The predicted molar refractivity (Wildman–Crippen MR) is 64.0 cm³/mol. The van der Waals surface area contributed by atoms with Crippen molar-refractivity contribution in [3.63, 3.8) is 0 Å². The summed E-state index contributed by atoms with van der Waals surface area (Å²) >= 11 is 3.94. The number of rotatable bonds is 3. The lowest BCUT2D eigenvalue weighted by atomic mass is 10.2. The molecule has 2 rings (SSSR count). The highest BCUT2D eigenvalue weighted by Gasteiger charge is 2.17. The van der Waals surface area contributed by atoms with Gasteiger partial charge in [0.05, 0.1) is 14.9 Å². The quantitative estimate of drug-likeness (QED) is 0.925. The molecule has 1 heterocycles. The number of tetrazole rings is 1. The highest BCUT2D eigenvalue weighted by molar-refractivity contribution is 9.10. The van der Waals surface area contributed by atoms with Gasteiger partial charge in [-0.25, -0.2) is 13.9 Å². The van der Waals surface area contributed by atoms with Crippen LogP contribution in [-0.4, -0.2) is 31.3 Å². The van der Waals surface area contributed by atoms with E-state index in [2.05, 4.69) is 31.5 Å². The number of aryl methyl sites for hydroxylation is 1. The van der Waals surface area contributed by atoms with E-state index in [0.717, 1.165) is 11.8 Å². The van der Waals surface area contributed by atoms with E-state index in [1.54, 1.807) is 7.05 Å². The Morgan fingerprint density at radius 3 is 2.83 bits per heavy atom. The molecule has 1 N–H and O–H groups in total. The van der Waals surface area contributed by atoms with Crippen LogP contribution in [0, 0.1) is 5.82 Å². The molecule has 0 atom stereocenters. The maximum Gasteiger partial charge on any atom is 0.336 e. The van der Waals surface area contributed by atoms with Gasteiger partial charge in [0.15, 0.2) is 5.82 Å². The van der Waals surface area contributed by atoms with E-state index >= 15 is 0 Å². The van der Waals surface area contributed by atoms with Crippen molar-refractivity contribution >= 4 is 33.7 Å². The molecule has 9 heteroatoms. The van der Waals surface area contributed by atoms with Crippen LogP contribution >= 0.6 is 27.7 Å². The summed E-state index contributed by atoms with van der Waals surface area (Å²) in [5.41, 5.74) is -0.132. The van der Waals surface area contributed by atoms with E-state index < -0.39 is 11.8 Å². The number of nitrogens with zero attached hydrogens (tertiary/aromatic N) is 4. The molecular formula is C9H6BrFN4O2S. The summed E-state index contributed by atoms with van der Waals surface area (Å²) < 4.78 is 15.2. The summed E-state index contributed by atoms with van der Waals surface area (Å²) in [6, 6.07) is 2.70. The Morgan fingerprint density at radius 2 is 2.28 bits per heavy atom. The smallest absolute Gasteiger partial charge is 0.336 e. The van der Waals surface area contributed by atoms with E-state index in [9.17, 15) is 9.18 Å². The monoisotopic (exact) mass is 332 g/mol. The maximum atomic E-state index is 13.9. The number of carboxylic acids is 1. The zero-order chi connectivity index (χ0) is 13.3. The number of carbonyl (C=O) groups is 1. The second-order valence-corrected chi connectivity index (χ2v) is 5.03. The van der Waals surface area contributed by atoms with Crippen LogP contribution < -0.4 is 0 Å². The number of aromatic carboxylic acids is 1. The molecule has 94 valence electrons. The average Bonchev–Trinajstić information content (AvgIpc) is 2.70. The number of carboxylic acid groups (broad SMARTS) is 1. The van der Waals surface area contributed by atoms with Crippen molar-refractivity contribution in [3.05, 3.63) is 28.0 Å². The summed E-state index contributed by atoms with van der Waals surface area (Å²) in [6.45, 7) is 0. The first-order chi connectivity index (χ1) is 8.50. The van der Waals surface area contributed by atoms with Gasteiger partial charge in [-0.2, -0.15) is 0 Å². The lowest BCUT2D eigenvalue weighted by Gasteiger charge is -2.05. The van der Waals surface area contributed by atoms with Gasteiger partial charge in [-0.1, -0.05) is 0 Å². The minimum absolute atomic E-state index is 0.0878. The Balaban J connectivity index is 2.39. The summed E-state index contributed by atoms with van der Waals surface area (Å²) in [5, 5.41) is 20.0. The molecule has 0 aliphatic carbocycles. The number of benzene rings is 1. The first-order valence-corrected chi connectivity index (χ1v) is 6.23. The van der Waals surface area contributed by atoms with E-state index in [1.807, 2.05) is 0 Å². The topological polar surface area (TPSA) is 80.9 Å². The fraction of sp³-hybridized carbons (Fsp3) is 0.111. The van der Waals surface area contributed by atoms with Crippen molar-refractivity contribution in [1.29, 1.82) is 0 Å². The zero-order valence-corrected chi connectivity index (χ0v) is 11.4. The van der Waals surface area contributed by atoms with Gasteiger partial charge in [0.2, 0.25) is 5.16 Å². The summed E-state index contributed by atoms with van der Waals surface area (Å²) in [5.74, 6) is -1.85. The number of hydrogen-bond donors (Lipinski definition) is 1. The van der Waals surface area contributed by atoms with E-state index in [-0.39, 0.29) is 14.9 Å². The van der Waals surface area contributed by atoms with Crippen molar-refractivity contribution in [3.8, 4) is 0 Å². The molecule has 18 heavy (non-hydrogen) atoms. The van der Waals surface area contributed by atoms with Gasteiger partial charge < -0.3 is 5.11 Å². The van der Waals surface area contributed by atoms with E-state index in [4.69, 9.17) is 5.11 Å². The lowest BCUT2D eigenvalue weighted by molar-refractivity contribution is 0.0695. The van der Waals surface area contributed by atoms with Crippen LogP contribution in [0.1, 0.15) is 10.4 Å². The number of halogens is 2. The first-order valence-electron chi connectivity index (χ1n) is 4.62. The van der Waals surface area contributed by atoms with Gasteiger partial charge in [0.25, 0.3) is 0 Å². The number of aromatic nitrogens is 4. The Labute approximate surface area is 113 Å². The molecule has 0 spiro atoms. The van der Waals surface area contributed by atoms with Crippen molar-refractivity contribution < 1.29 is 14.3 Å². The molecule has 1 aromatic heterocycles. The Kier molecular flexibility index (Phi) is 3.62. The molecular weight excluding hydrogens is 327 g/mol. The predicted octanol–water partition coefficient (Wildman–Crippen LogP) is 1.96. The first kappa shape index (κ1) is 13.0. The summed E-state index contributed by atoms with van der Waals surface area (Å²) in [6.07, 6.45) is 0. The minimum Gasteiger partial charge on any atom is -0.478 e. The minimum atomic E-state index is -1.20. The Bertz CT molecular complexity index is 619. The van der Waals surface area contributed by atoms with Crippen LogP contribution in [0.25, 0.3) is 0 Å². The molecule has 2 aromatic rings. The molecule has 0 fully saturated rings. The molecule has 0 saturated heterocycles. The molecule has 0 radical (unpaired) electrons. The molecule has 0 aliphatic heterocycles. The standard InChI is InChI=1S/C9H6BrFN4O2S/c1-15-9(12-13-14-15)18-5-3-2-4(8(16)17)6(10)7(5)11/h2-3H,1H3,(H,16,17). The molecule has 0 saturated carbocycles. The van der Waals surface area contributed by atoms with E-state index in [1.165, 1.54) is 16.8 Å². The highest BCUT2D eigenvalue weighted by atomic mass is 79.9. The summed E-state index contributed by atoms with van der Waals surface area (Å²) in [4.78, 5) is 11.1. The van der Waals surface area contributed by atoms with Crippen LogP contribution in [0.3, 0.4) is 0 Å². The van der Waals surface area contributed by atoms with Crippen LogP contribution in [0.5, 0.6) is 0 Å². The molecule has 0 unspecified atom stereocenters. The molecule has 0 amide bonds. The Hall–Kier alpha value is -1.48. The van der Waals surface area contributed by atoms with Gasteiger partial charge in [-0.05, 0) is 50.3 Å². The summed E-state index contributed by atoms with van der Waals surface area (Å²) in [7, 11) is 1.63. The Morgan fingerprint density at radius 1 is 1.56 bits per heavy atom. The fourth-order valence-electron chi connectivity index (χ4n) is 1.18. The van der Waals surface area contributed by atoms with Gasteiger partial charge >= 0.3 is 5.97 Å². The van der Waals surface area contributed by atoms with Crippen LogP contribution in [-0.2, 0) is 7.05 Å². The van der Waals surface area contributed by atoms with Crippen LogP contribution in [0.15, 0.2) is 26.7 Å². The van der Waals surface area contributed by atoms with Gasteiger partial charge in [-0.3, -0.25) is 0 Å². The third kappa shape index (κ3) is 2.36. The van der Waals surface area contributed by atoms with Crippen molar-refractivity contribution in [1.82, 2.24) is 20.2 Å². The molecule has 0 aliphatic rings. The SMILES string of the molecule is Cn1nnnc1Sc1ccc(C(=O)O)c(Br)c1F. The third-order valence-corrected chi connectivity index (χ3v) is 3.90. The maximum absolute atomic E-state index is 13.9. The molecule has 0 bridgehead atoms. The van der Waals surface area contributed by atoms with Crippen molar-refractivity contribution in [2.75, 3.05) is 0 Å². The van der Waals surface area contributed by atoms with Gasteiger partial charge in [-0.15, -0.1) is 5.10 Å². The van der Waals surface area contributed by atoms with Crippen molar-refractivity contribution in [2.24, 2.45) is 7.05 Å². The average molecular weight is 333 g/mol. The zero-order valence-electron chi connectivity index (χ0n) is 8.96. The van der Waals surface area contributed by atoms with Gasteiger partial charge in [0.1, 0.15) is 0 Å². The fourth-order valence-corrected chi connectivity index (χ4v) is 2.60. The van der Waals surface area contributed by atoms with Crippen LogP contribution in [0.2, 0.25) is 0 Å². The molecule has 6 nitrogen and oxygen atoms in total. The van der Waals surface area contributed by atoms with Gasteiger partial charge in [0, 0.05) is 7.05 Å². The van der Waals surface area contributed by atoms with E-state index in [0.29, 0.717) is 5.16 Å². The van der Waals surface area contributed by atoms with Crippen LogP contribution in [0.4, 0.5) is 4.39 Å². The lowest BCUT2D eigenvalue weighted by Crippen LogP contribution is -2.00. The van der Waals surface area contributed by atoms with Crippen molar-refractivity contribution in [2.45, 2.75) is 10.1 Å². The highest BCUT2D eigenvalue weighted by Crippen LogP contribution is 2.33. The second-order valence-electron chi connectivity index (χ2n) is 3.23.